The molecule has 4 heterocycles. The molecule has 0 unspecified atom stereocenters. The first-order valence-electron chi connectivity index (χ1n) is 20.5. The van der Waals surface area contributed by atoms with Crippen molar-refractivity contribution in [2.45, 2.75) is 121 Å². The number of allylic oxidation sites excluding steroid dienone is 1. The maximum Gasteiger partial charge on any atom is 0.426 e. The number of carbonyl (C=O) groups is 4. The average molecular weight is 867 g/mol. The Labute approximate surface area is 354 Å². The zero-order valence-electron chi connectivity index (χ0n) is 34.8. The van der Waals surface area contributed by atoms with Crippen LogP contribution in [0.3, 0.4) is 0 Å². The summed E-state index contributed by atoms with van der Waals surface area (Å²) < 4.78 is 45.8. The number of carbonyl (C=O) groups excluding carboxylic acids is 4. The van der Waals surface area contributed by atoms with E-state index in [2.05, 4.69) is 25.8 Å². The van der Waals surface area contributed by atoms with Crippen LogP contribution in [0.25, 0.3) is 21.5 Å². The zero-order valence-corrected chi connectivity index (χ0v) is 36.4. The molecule has 60 heavy (non-hydrogen) atoms. The topological polar surface area (TPSA) is 210 Å². The summed E-state index contributed by atoms with van der Waals surface area (Å²) in [5, 5.41) is 8.12. The number of anilines is 1. The maximum atomic E-state index is 14.6. The van der Waals surface area contributed by atoms with Crippen molar-refractivity contribution in [2.75, 3.05) is 25.5 Å². The number of nitrogens with zero attached hydrogens (tertiary/aromatic N) is 4. The second-order valence-corrected chi connectivity index (χ2v) is 20.1. The third kappa shape index (κ3) is 9.88. The molecule has 324 valence electrons. The molecular formula is C41H54N8O9S2. The van der Waals surface area contributed by atoms with Gasteiger partial charge in [0.1, 0.15) is 34.8 Å². The summed E-state index contributed by atoms with van der Waals surface area (Å²) in [5.41, 5.74) is 1.40. The first-order valence-corrected chi connectivity index (χ1v) is 22.8. The van der Waals surface area contributed by atoms with Crippen LogP contribution in [0, 0.1) is 5.92 Å². The largest absolute Gasteiger partial charge is 0.497 e. The van der Waals surface area contributed by atoms with E-state index in [0.717, 1.165) is 21.4 Å². The number of hydrogen-bond donors (Lipinski definition) is 4. The number of amides is 5. The summed E-state index contributed by atoms with van der Waals surface area (Å²) in [7, 11) is -2.35. The van der Waals surface area contributed by atoms with Gasteiger partial charge in [0.05, 0.1) is 35.0 Å². The van der Waals surface area contributed by atoms with Crippen molar-refractivity contribution >= 4 is 61.3 Å². The van der Waals surface area contributed by atoms with Crippen molar-refractivity contribution in [3.05, 3.63) is 42.6 Å². The first-order chi connectivity index (χ1) is 28.4. The second-order valence-electron chi connectivity index (χ2n) is 17.1. The third-order valence-electron chi connectivity index (χ3n) is 10.7. The number of pyridine rings is 1. The van der Waals surface area contributed by atoms with Crippen LogP contribution in [0.15, 0.2) is 42.6 Å². The van der Waals surface area contributed by atoms with E-state index in [0.29, 0.717) is 60.2 Å². The normalized spacial score (nSPS) is 24.4. The molecule has 2 saturated carbocycles. The van der Waals surface area contributed by atoms with Gasteiger partial charge in [-0.05, 0) is 85.3 Å². The maximum absolute atomic E-state index is 14.6. The second kappa shape index (κ2) is 17.1. The third-order valence-corrected chi connectivity index (χ3v) is 13.5. The molecule has 7 rings (SSSR count). The first kappa shape index (κ1) is 42.9. The van der Waals surface area contributed by atoms with Crippen molar-refractivity contribution in [2.24, 2.45) is 5.92 Å². The van der Waals surface area contributed by atoms with E-state index in [1.165, 1.54) is 16.2 Å². The van der Waals surface area contributed by atoms with Gasteiger partial charge in [-0.15, -0.1) is 0 Å². The standard InChI is InChI=1S/C41H54N8O9S2/c1-24(2)43-37-42-22-34(59-37)31-20-33(29-16-13-26(56-6)18-30(29)44-31)57-27-19-32-35(50)45-41(36(51)47-60(54,55)28-14-15-28)21-25(41)12-10-8-7-9-11-17-49(39(53)48(32)23-27)46-38(52)58-40(3,4)5/h10,12-13,16,18,20,22,24-25,27-28,32H,7-9,11,14-15,17,19,21,23H2,1-6H3,(H,42,43)(H,45,50)(H,46,52)(H,47,51)/b12-10+/t25-,27-,32+,41+/m1/s1. The highest BCUT2D eigenvalue weighted by Crippen LogP contribution is 2.46. The molecule has 1 saturated heterocycles. The Morgan fingerprint density at radius 2 is 1.88 bits per heavy atom. The summed E-state index contributed by atoms with van der Waals surface area (Å²) in [6, 6.07) is 5.55. The molecule has 5 amide bonds. The SMILES string of the molecule is COc1ccc2c(O[C@@H]3C[C@H]4C(=O)N[C@@]5(C(=O)NS(=O)(=O)C6CC6)C[C@H]5/C=C/CCCCCN(NC(=O)OC(C)(C)C)C(=O)N4C3)cc(-c3cnc(NC(C)C)s3)nc2c1. The van der Waals surface area contributed by atoms with Crippen LogP contribution in [-0.4, -0.2) is 107 Å². The highest BCUT2D eigenvalue weighted by molar-refractivity contribution is 7.91. The summed E-state index contributed by atoms with van der Waals surface area (Å²) in [5.74, 6) is -0.879. The van der Waals surface area contributed by atoms with E-state index in [9.17, 15) is 27.6 Å². The number of sulfonamides is 1. The number of ether oxygens (including phenoxy) is 3. The van der Waals surface area contributed by atoms with Crippen LogP contribution in [0.1, 0.15) is 86.0 Å². The Bertz CT molecular complexity index is 2270. The van der Waals surface area contributed by atoms with Gasteiger partial charge in [-0.2, -0.15) is 0 Å². The minimum Gasteiger partial charge on any atom is -0.497 e. The van der Waals surface area contributed by atoms with Crippen molar-refractivity contribution in [3.8, 4) is 22.1 Å². The lowest BCUT2D eigenvalue weighted by atomic mass is 10.1. The molecule has 2 aliphatic carbocycles. The van der Waals surface area contributed by atoms with Gasteiger partial charge in [0.15, 0.2) is 5.13 Å². The Morgan fingerprint density at radius 1 is 1.10 bits per heavy atom. The van der Waals surface area contributed by atoms with Crippen molar-refractivity contribution in [1.29, 1.82) is 0 Å². The minimum absolute atomic E-state index is 0.00868. The molecular weight excluding hydrogens is 813 g/mol. The molecule has 0 spiro atoms. The lowest BCUT2D eigenvalue weighted by Crippen LogP contribution is -2.59. The Kier molecular flexibility index (Phi) is 12.2. The number of nitrogens with one attached hydrogen (secondary N) is 4. The molecule has 2 aromatic heterocycles. The average Bonchev–Trinajstić information content (AvgIpc) is 4.06. The van der Waals surface area contributed by atoms with E-state index in [1.54, 1.807) is 52.3 Å². The molecule has 4 aliphatic rings. The van der Waals surface area contributed by atoms with E-state index in [1.807, 2.05) is 32.1 Å². The Morgan fingerprint density at radius 3 is 2.60 bits per heavy atom. The van der Waals surface area contributed by atoms with Gasteiger partial charge in [0.25, 0.3) is 5.91 Å². The monoisotopic (exact) mass is 866 g/mol. The van der Waals surface area contributed by atoms with Gasteiger partial charge in [-0.25, -0.2) is 38.4 Å². The number of urea groups is 1. The number of methoxy groups -OCH3 is 1. The molecule has 2 aliphatic heterocycles. The number of hydrazine groups is 1. The summed E-state index contributed by atoms with van der Waals surface area (Å²) in [6.07, 6.45) is 7.74. The predicted octanol–water partition coefficient (Wildman–Crippen LogP) is 5.48. The minimum atomic E-state index is -3.92. The molecule has 3 aromatic rings. The summed E-state index contributed by atoms with van der Waals surface area (Å²) in [4.78, 5) is 67.7. The van der Waals surface area contributed by atoms with Crippen LogP contribution in [0.4, 0.5) is 14.7 Å². The van der Waals surface area contributed by atoms with Crippen LogP contribution in [0.2, 0.25) is 0 Å². The Balaban J connectivity index is 1.23. The fourth-order valence-electron chi connectivity index (χ4n) is 7.46. The molecule has 1 aromatic carbocycles. The van der Waals surface area contributed by atoms with Gasteiger partial charge >= 0.3 is 12.1 Å². The number of hydrogen-bond acceptors (Lipinski definition) is 13. The van der Waals surface area contributed by atoms with Crippen molar-refractivity contribution < 1.29 is 41.8 Å². The number of thiazole rings is 1. The summed E-state index contributed by atoms with van der Waals surface area (Å²) >= 11 is 1.44. The van der Waals surface area contributed by atoms with Gasteiger partial charge in [0.2, 0.25) is 15.9 Å². The van der Waals surface area contributed by atoms with E-state index >= 15 is 0 Å². The quantitative estimate of drug-likeness (QED) is 0.187. The van der Waals surface area contributed by atoms with Crippen molar-refractivity contribution in [3.63, 3.8) is 0 Å². The van der Waals surface area contributed by atoms with Gasteiger partial charge < -0.3 is 29.7 Å². The summed E-state index contributed by atoms with van der Waals surface area (Å²) in [6.45, 7) is 9.25. The smallest absolute Gasteiger partial charge is 0.426 e. The van der Waals surface area contributed by atoms with Gasteiger partial charge in [-0.3, -0.25) is 14.3 Å². The van der Waals surface area contributed by atoms with Gasteiger partial charge in [-0.1, -0.05) is 29.9 Å². The molecule has 0 radical (unpaired) electrons. The number of benzene rings is 1. The van der Waals surface area contributed by atoms with E-state index in [-0.39, 0.29) is 32.0 Å². The molecule has 19 heteroatoms. The number of rotatable bonds is 10. The lowest BCUT2D eigenvalue weighted by molar-refractivity contribution is -0.131. The number of fused-ring (bicyclic) bond motifs is 3. The lowest BCUT2D eigenvalue weighted by Gasteiger charge is -2.32. The van der Waals surface area contributed by atoms with Crippen molar-refractivity contribution in [1.82, 2.24) is 35.3 Å². The fourth-order valence-corrected chi connectivity index (χ4v) is 9.74. The van der Waals surface area contributed by atoms with Gasteiger partial charge in [0, 0.05) is 48.6 Å². The van der Waals surface area contributed by atoms with Crippen LogP contribution < -0.4 is 30.3 Å². The fraction of sp³-hybridized carbons (Fsp3) is 0.561. The van der Waals surface area contributed by atoms with E-state index < -0.39 is 68.4 Å². The highest BCUT2D eigenvalue weighted by Gasteiger charge is 2.62. The van der Waals surface area contributed by atoms with Crippen LogP contribution in [0.5, 0.6) is 11.5 Å². The molecule has 0 bridgehead atoms. The highest BCUT2D eigenvalue weighted by atomic mass is 32.2. The molecule has 3 fully saturated rings. The number of aromatic nitrogens is 2. The molecule has 17 nitrogen and oxygen atoms in total. The van der Waals surface area contributed by atoms with E-state index in [4.69, 9.17) is 19.2 Å². The molecule has 4 atom stereocenters. The Hall–Kier alpha value is -5.17. The zero-order chi connectivity index (χ0) is 43.0. The van der Waals surface area contributed by atoms with Crippen LogP contribution in [-0.2, 0) is 24.3 Å². The molecule has 4 N–H and O–H groups in total. The van der Waals surface area contributed by atoms with Crippen LogP contribution >= 0.6 is 11.3 Å². The predicted molar refractivity (Wildman–Crippen MR) is 226 cm³/mol.